The van der Waals surface area contributed by atoms with E-state index in [1.54, 1.807) is 10.9 Å². The molecule has 1 aliphatic rings. The van der Waals surface area contributed by atoms with Gasteiger partial charge in [0.2, 0.25) is 0 Å². The number of hydrogen-bond donors (Lipinski definition) is 0. The summed E-state index contributed by atoms with van der Waals surface area (Å²) in [6, 6.07) is 7.89. The molecule has 0 spiro atoms. The van der Waals surface area contributed by atoms with Crippen LogP contribution in [0, 0.1) is 0 Å². The molecule has 2 aromatic heterocycles. The number of sulfone groups is 1. The van der Waals surface area contributed by atoms with Crippen molar-refractivity contribution in [3.8, 4) is 5.82 Å². The smallest absolute Gasteiger partial charge is 0.157 e. The maximum absolute atomic E-state index is 11.8. The van der Waals surface area contributed by atoms with Crippen molar-refractivity contribution in [2.45, 2.75) is 18.1 Å². The van der Waals surface area contributed by atoms with Crippen LogP contribution in [0.25, 0.3) is 16.7 Å². The van der Waals surface area contributed by atoms with Crippen LogP contribution in [-0.4, -0.2) is 52.8 Å². The molecule has 0 bridgehead atoms. The molecule has 1 aliphatic heterocycles. The van der Waals surface area contributed by atoms with Crippen LogP contribution in [0.3, 0.4) is 0 Å². The standard InChI is InChI=1S/C17H19N5O2S/c1-25(23,24)13-6-9-21(10-7-13)15-3-2-4-16-14(15)11-20-22(16)17-5-8-18-12-19-17/h2-5,8,11-13H,6-7,9-10H2,1H3. The number of benzene rings is 1. The molecule has 0 amide bonds. The summed E-state index contributed by atoms with van der Waals surface area (Å²) in [5.41, 5.74) is 2.06. The Morgan fingerprint density at radius 3 is 2.64 bits per heavy atom. The highest BCUT2D eigenvalue weighted by molar-refractivity contribution is 7.91. The zero-order valence-electron chi connectivity index (χ0n) is 13.9. The number of nitrogens with zero attached hydrogens (tertiary/aromatic N) is 5. The topological polar surface area (TPSA) is 81.0 Å². The summed E-state index contributed by atoms with van der Waals surface area (Å²) in [6.45, 7) is 1.46. The Bertz CT molecular complexity index is 992. The quantitative estimate of drug-likeness (QED) is 0.711. The van der Waals surface area contributed by atoms with Gasteiger partial charge in [0.25, 0.3) is 0 Å². The lowest BCUT2D eigenvalue weighted by atomic mass is 10.1. The Morgan fingerprint density at radius 2 is 1.96 bits per heavy atom. The van der Waals surface area contributed by atoms with E-state index in [0.29, 0.717) is 12.8 Å². The largest absolute Gasteiger partial charge is 0.371 e. The average molecular weight is 357 g/mol. The Morgan fingerprint density at radius 1 is 1.16 bits per heavy atom. The van der Waals surface area contributed by atoms with Gasteiger partial charge >= 0.3 is 0 Å². The van der Waals surface area contributed by atoms with E-state index in [0.717, 1.165) is 35.5 Å². The van der Waals surface area contributed by atoms with Gasteiger partial charge < -0.3 is 4.90 Å². The van der Waals surface area contributed by atoms with Crippen LogP contribution < -0.4 is 4.90 Å². The Balaban J connectivity index is 1.67. The van der Waals surface area contributed by atoms with Crippen LogP contribution in [0.4, 0.5) is 5.69 Å². The zero-order chi connectivity index (χ0) is 17.4. The molecule has 1 aromatic carbocycles. The summed E-state index contributed by atoms with van der Waals surface area (Å²) in [6.07, 6.45) is 7.69. The highest BCUT2D eigenvalue weighted by atomic mass is 32.2. The second kappa shape index (κ2) is 6.11. The van der Waals surface area contributed by atoms with Crippen molar-refractivity contribution in [2.24, 2.45) is 0 Å². The summed E-state index contributed by atoms with van der Waals surface area (Å²) in [5, 5.41) is 5.29. The monoisotopic (exact) mass is 357 g/mol. The minimum Gasteiger partial charge on any atom is -0.371 e. The van der Waals surface area contributed by atoms with E-state index in [1.165, 1.54) is 12.6 Å². The minimum atomic E-state index is -2.96. The third-order valence-electron chi connectivity index (χ3n) is 4.76. The molecule has 0 atom stereocenters. The van der Waals surface area contributed by atoms with Crippen LogP contribution in [-0.2, 0) is 9.84 Å². The fourth-order valence-electron chi connectivity index (χ4n) is 3.43. The molecule has 130 valence electrons. The van der Waals surface area contributed by atoms with Gasteiger partial charge in [-0.05, 0) is 25.0 Å². The Hall–Kier alpha value is -2.48. The number of piperidine rings is 1. The maximum Gasteiger partial charge on any atom is 0.157 e. The third-order valence-corrected chi connectivity index (χ3v) is 6.44. The normalized spacial score (nSPS) is 16.4. The molecule has 1 saturated heterocycles. The lowest BCUT2D eigenvalue weighted by molar-refractivity contribution is 0.535. The van der Waals surface area contributed by atoms with E-state index in [9.17, 15) is 8.42 Å². The molecular weight excluding hydrogens is 338 g/mol. The van der Waals surface area contributed by atoms with Crippen LogP contribution in [0.2, 0.25) is 0 Å². The summed E-state index contributed by atoms with van der Waals surface area (Å²) in [4.78, 5) is 10.4. The van der Waals surface area contributed by atoms with Gasteiger partial charge in [0, 0.05) is 42.7 Å². The molecule has 0 aliphatic carbocycles. The van der Waals surface area contributed by atoms with Gasteiger partial charge in [0.05, 0.1) is 17.0 Å². The molecule has 1 fully saturated rings. The predicted molar refractivity (Wildman–Crippen MR) is 96.7 cm³/mol. The van der Waals surface area contributed by atoms with E-state index >= 15 is 0 Å². The van der Waals surface area contributed by atoms with Gasteiger partial charge in [0.1, 0.15) is 16.2 Å². The van der Waals surface area contributed by atoms with Gasteiger partial charge in [-0.25, -0.2) is 23.1 Å². The first kappa shape index (κ1) is 16.0. The van der Waals surface area contributed by atoms with E-state index < -0.39 is 9.84 Å². The first-order chi connectivity index (χ1) is 12.0. The van der Waals surface area contributed by atoms with Crippen molar-refractivity contribution < 1.29 is 8.42 Å². The van der Waals surface area contributed by atoms with E-state index in [-0.39, 0.29) is 5.25 Å². The van der Waals surface area contributed by atoms with Gasteiger partial charge in [-0.15, -0.1) is 0 Å². The van der Waals surface area contributed by atoms with Gasteiger partial charge in [-0.3, -0.25) is 0 Å². The number of anilines is 1. The zero-order valence-corrected chi connectivity index (χ0v) is 14.7. The third kappa shape index (κ3) is 2.97. The molecular formula is C17H19N5O2S. The van der Waals surface area contributed by atoms with Crippen LogP contribution in [0.15, 0.2) is 43.0 Å². The highest BCUT2D eigenvalue weighted by Gasteiger charge is 2.27. The first-order valence-corrected chi connectivity index (χ1v) is 10.2. The van der Waals surface area contributed by atoms with Gasteiger partial charge in [0.15, 0.2) is 5.82 Å². The van der Waals surface area contributed by atoms with Gasteiger partial charge in [-0.2, -0.15) is 5.10 Å². The average Bonchev–Trinajstić information content (AvgIpc) is 3.06. The molecule has 3 aromatic rings. The van der Waals surface area contributed by atoms with Crippen molar-refractivity contribution in [2.75, 3.05) is 24.2 Å². The van der Waals surface area contributed by atoms with E-state index in [1.807, 2.05) is 24.4 Å². The number of aromatic nitrogens is 4. The molecule has 4 rings (SSSR count). The fourth-order valence-corrected chi connectivity index (χ4v) is 4.50. The van der Waals surface area contributed by atoms with E-state index in [4.69, 9.17) is 0 Å². The molecule has 0 N–H and O–H groups in total. The minimum absolute atomic E-state index is 0.230. The van der Waals surface area contributed by atoms with Crippen LogP contribution >= 0.6 is 0 Å². The Labute approximate surface area is 146 Å². The van der Waals surface area contributed by atoms with E-state index in [2.05, 4.69) is 26.0 Å². The molecule has 8 heteroatoms. The SMILES string of the molecule is CS(=O)(=O)C1CCN(c2cccc3c2cnn3-c2ccncn2)CC1. The van der Waals surface area contributed by atoms with Crippen molar-refractivity contribution in [3.63, 3.8) is 0 Å². The van der Waals surface area contributed by atoms with Crippen LogP contribution in [0.5, 0.6) is 0 Å². The summed E-state index contributed by atoms with van der Waals surface area (Å²) < 4.78 is 25.3. The number of hydrogen-bond acceptors (Lipinski definition) is 6. The summed E-state index contributed by atoms with van der Waals surface area (Å²) in [7, 11) is -2.96. The van der Waals surface area contributed by atoms with Crippen molar-refractivity contribution >= 4 is 26.4 Å². The van der Waals surface area contributed by atoms with Crippen molar-refractivity contribution in [1.29, 1.82) is 0 Å². The molecule has 7 nitrogen and oxygen atoms in total. The molecule has 0 radical (unpaired) electrons. The number of fused-ring (bicyclic) bond motifs is 1. The van der Waals surface area contributed by atoms with Crippen molar-refractivity contribution in [1.82, 2.24) is 19.7 Å². The maximum atomic E-state index is 11.8. The molecule has 0 unspecified atom stereocenters. The Kier molecular flexibility index (Phi) is 3.91. The fraction of sp³-hybridized carbons (Fsp3) is 0.353. The number of rotatable bonds is 3. The van der Waals surface area contributed by atoms with Gasteiger partial charge in [-0.1, -0.05) is 6.07 Å². The lowest BCUT2D eigenvalue weighted by Crippen LogP contribution is -2.39. The second-order valence-electron chi connectivity index (χ2n) is 6.35. The molecule has 25 heavy (non-hydrogen) atoms. The molecule has 3 heterocycles. The second-order valence-corrected chi connectivity index (χ2v) is 8.68. The van der Waals surface area contributed by atoms with Crippen LogP contribution in [0.1, 0.15) is 12.8 Å². The first-order valence-electron chi connectivity index (χ1n) is 8.21. The summed E-state index contributed by atoms with van der Waals surface area (Å²) in [5.74, 6) is 0.720. The highest BCUT2D eigenvalue weighted by Crippen LogP contribution is 2.30. The lowest BCUT2D eigenvalue weighted by Gasteiger charge is -2.33. The predicted octanol–water partition coefficient (Wildman–Crippen LogP) is 1.83. The molecule has 0 saturated carbocycles. The van der Waals surface area contributed by atoms with Crippen molar-refractivity contribution in [3.05, 3.63) is 43.0 Å². The summed E-state index contributed by atoms with van der Waals surface area (Å²) >= 11 is 0.